The van der Waals surface area contributed by atoms with Gasteiger partial charge in [0.1, 0.15) is 5.75 Å². The molecule has 0 aromatic heterocycles. The fourth-order valence-electron chi connectivity index (χ4n) is 1.29. The van der Waals surface area contributed by atoms with Crippen LogP contribution in [0.5, 0.6) is 5.75 Å². The van der Waals surface area contributed by atoms with Crippen LogP contribution in [0.2, 0.25) is 0 Å². The van der Waals surface area contributed by atoms with Crippen LogP contribution in [0.1, 0.15) is 18.1 Å². The van der Waals surface area contributed by atoms with Gasteiger partial charge < -0.3 is 10.1 Å². The lowest BCUT2D eigenvalue weighted by Gasteiger charge is -2.03. The van der Waals surface area contributed by atoms with E-state index in [1.165, 1.54) is 0 Å². The van der Waals surface area contributed by atoms with Crippen molar-refractivity contribution in [1.29, 1.82) is 0 Å². The minimum atomic E-state index is 0.738. The quantitative estimate of drug-likeness (QED) is 0.599. The Bertz CT molecular complexity index is 374. The third kappa shape index (κ3) is 3.65. The Kier molecular flexibility index (Phi) is 4.73. The van der Waals surface area contributed by atoms with Gasteiger partial charge in [-0.15, -0.1) is 0 Å². The van der Waals surface area contributed by atoms with Crippen LogP contribution in [0.4, 0.5) is 0 Å². The van der Waals surface area contributed by atoms with Gasteiger partial charge in [-0.3, -0.25) is 0 Å². The highest BCUT2D eigenvalue weighted by molar-refractivity contribution is 5.43. The molecule has 0 radical (unpaired) electrons. The number of benzene rings is 1. The third-order valence-electron chi connectivity index (χ3n) is 2.09. The van der Waals surface area contributed by atoms with Gasteiger partial charge in [0.25, 0.3) is 0 Å². The van der Waals surface area contributed by atoms with Crippen LogP contribution in [0.3, 0.4) is 0 Å². The Morgan fingerprint density at radius 1 is 1.40 bits per heavy atom. The summed E-state index contributed by atoms with van der Waals surface area (Å²) in [6.07, 6.45) is 0. The molecular formula is C13H17NO. The van der Waals surface area contributed by atoms with Crippen LogP contribution in [0.25, 0.3) is 0 Å². The minimum Gasteiger partial charge on any atom is -0.496 e. The van der Waals surface area contributed by atoms with Gasteiger partial charge in [-0.25, -0.2) is 0 Å². The van der Waals surface area contributed by atoms with Crippen LogP contribution < -0.4 is 10.1 Å². The van der Waals surface area contributed by atoms with Gasteiger partial charge in [0.15, 0.2) is 0 Å². The standard InChI is InChI=1S/C13H17NO/c1-4-14-9-5-6-12-7-8-13(15-3)11(2)10-12/h7-8,10,14H,4,9H2,1-3H3. The molecule has 1 aromatic carbocycles. The van der Waals surface area contributed by atoms with Crippen molar-refractivity contribution in [3.05, 3.63) is 29.3 Å². The molecule has 2 nitrogen and oxygen atoms in total. The fourth-order valence-corrected chi connectivity index (χ4v) is 1.29. The largest absolute Gasteiger partial charge is 0.496 e. The second kappa shape index (κ2) is 6.10. The van der Waals surface area contributed by atoms with Crippen LogP contribution in [-0.2, 0) is 0 Å². The average molecular weight is 203 g/mol. The van der Waals surface area contributed by atoms with Crippen LogP contribution in [0.15, 0.2) is 18.2 Å². The van der Waals surface area contributed by atoms with E-state index in [1.807, 2.05) is 25.1 Å². The van der Waals surface area contributed by atoms with Crippen molar-refractivity contribution < 1.29 is 4.74 Å². The molecule has 0 amide bonds. The molecule has 0 aliphatic rings. The molecule has 0 atom stereocenters. The molecule has 0 aliphatic carbocycles. The molecule has 0 aliphatic heterocycles. The molecule has 15 heavy (non-hydrogen) atoms. The normalized spacial score (nSPS) is 9.27. The van der Waals surface area contributed by atoms with Gasteiger partial charge in [0.05, 0.1) is 13.7 Å². The Hall–Kier alpha value is -1.46. The number of hydrogen-bond donors (Lipinski definition) is 1. The summed E-state index contributed by atoms with van der Waals surface area (Å²) in [7, 11) is 1.68. The maximum atomic E-state index is 5.18. The zero-order valence-electron chi connectivity index (χ0n) is 9.55. The molecule has 0 unspecified atom stereocenters. The molecule has 0 heterocycles. The van der Waals surface area contributed by atoms with Crippen molar-refractivity contribution in [3.63, 3.8) is 0 Å². The zero-order chi connectivity index (χ0) is 11.1. The summed E-state index contributed by atoms with van der Waals surface area (Å²) >= 11 is 0. The van der Waals surface area contributed by atoms with Crippen LogP contribution >= 0.6 is 0 Å². The highest BCUT2D eigenvalue weighted by atomic mass is 16.5. The molecule has 0 spiro atoms. The van der Waals surface area contributed by atoms with E-state index in [0.29, 0.717) is 0 Å². The lowest BCUT2D eigenvalue weighted by molar-refractivity contribution is 0.411. The van der Waals surface area contributed by atoms with Crippen molar-refractivity contribution in [1.82, 2.24) is 5.32 Å². The predicted octanol–water partition coefficient (Wildman–Crippen LogP) is 1.96. The van der Waals surface area contributed by atoms with E-state index >= 15 is 0 Å². The van der Waals surface area contributed by atoms with Crippen LogP contribution in [-0.4, -0.2) is 20.2 Å². The molecule has 1 rings (SSSR count). The van der Waals surface area contributed by atoms with Gasteiger partial charge >= 0.3 is 0 Å². The number of rotatable bonds is 3. The molecule has 80 valence electrons. The maximum absolute atomic E-state index is 5.18. The second-order valence-electron chi connectivity index (χ2n) is 3.27. The van der Waals surface area contributed by atoms with E-state index in [1.54, 1.807) is 7.11 Å². The molecule has 1 N–H and O–H groups in total. The summed E-state index contributed by atoms with van der Waals surface area (Å²) in [5.74, 6) is 7.08. The Morgan fingerprint density at radius 3 is 2.80 bits per heavy atom. The first-order valence-electron chi connectivity index (χ1n) is 5.12. The number of aryl methyl sites for hydroxylation is 1. The maximum Gasteiger partial charge on any atom is 0.121 e. The van der Waals surface area contributed by atoms with Crippen LogP contribution in [0, 0.1) is 18.8 Å². The molecule has 2 heteroatoms. The Morgan fingerprint density at radius 2 is 2.20 bits per heavy atom. The predicted molar refractivity (Wildman–Crippen MR) is 63.2 cm³/mol. The second-order valence-corrected chi connectivity index (χ2v) is 3.27. The molecule has 0 saturated heterocycles. The Balaban J connectivity index is 2.69. The zero-order valence-corrected chi connectivity index (χ0v) is 9.55. The van der Waals surface area contributed by atoms with Crippen molar-refractivity contribution in [2.24, 2.45) is 0 Å². The van der Waals surface area contributed by atoms with Crippen molar-refractivity contribution in [3.8, 4) is 17.6 Å². The van der Waals surface area contributed by atoms with Gasteiger partial charge in [0.2, 0.25) is 0 Å². The minimum absolute atomic E-state index is 0.738. The third-order valence-corrected chi connectivity index (χ3v) is 2.09. The number of nitrogens with one attached hydrogen (secondary N) is 1. The molecule has 0 saturated carbocycles. The number of ether oxygens (including phenoxy) is 1. The summed E-state index contributed by atoms with van der Waals surface area (Å²) in [6, 6.07) is 5.97. The molecule has 1 aromatic rings. The van der Waals surface area contributed by atoms with E-state index < -0.39 is 0 Å². The summed E-state index contributed by atoms with van der Waals surface area (Å²) in [6.45, 7) is 5.78. The van der Waals surface area contributed by atoms with Crippen molar-refractivity contribution >= 4 is 0 Å². The van der Waals surface area contributed by atoms with E-state index in [4.69, 9.17) is 4.74 Å². The fraction of sp³-hybridized carbons (Fsp3) is 0.385. The average Bonchev–Trinajstić information content (AvgIpc) is 2.25. The van der Waals surface area contributed by atoms with E-state index in [0.717, 1.165) is 30.0 Å². The number of methoxy groups -OCH3 is 1. The van der Waals surface area contributed by atoms with Crippen molar-refractivity contribution in [2.75, 3.05) is 20.2 Å². The smallest absolute Gasteiger partial charge is 0.121 e. The first kappa shape index (κ1) is 11.6. The highest BCUT2D eigenvalue weighted by Gasteiger charge is 1.96. The highest BCUT2D eigenvalue weighted by Crippen LogP contribution is 2.17. The van der Waals surface area contributed by atoms with E-state index in [-0.39, 0.29) is 0 Å². The lowest BCUT2D eigenvalue weighted by Crippen LogP contribution is -2.11. The van der Waals surface area contributed by atoms with E-state index in [9.17, 15) is 0 Å². The number of hydrogen-bond acceptors (Lipinski definition) is 2. The van der Waals surface area contributed by atoms with Gasteiger partial charge in [-0.05, 0) is 37.2 Å². The summed E-state index contributed by atoms with van der Waals surface area (Å²) < 4.78 is 5.18. The summed E-state index contributed by atoms with van der Waals surface area (Å²) in [5.41, 5.74) is 2.15. The first-order chi connectivity index (χ1) is 7.27. The molecular weight excluding hydrogens is 186 g/mol. The summed E-state index contributed by atoms with van der Waals surface area (Å²) in [4.78, 5) is 0. The van der Waals surface area contributed by atoms with Crippen molar-refractivity contribution in [2.45, 2.75) is 13.8 Å². The van der Waals surface area contributed by atoms with Gasteiger partial charge in [-0.1, -0.05) is 18.8 Å². The monoisotopic (exact) mass is 203 g/mol. The molecule has 0 bridgehead atoms. The van der Waals surface area contributed by atoms with Gasteiger partial charge in [0, 0.05) is 5.56 Å². The lowest BCUT2D eigenvalue weighted by atomic mass is 10.1. The Labute approximate surface area is 91.6 Å². The van der Waals surface area contributed by atoms with Gasteiger partial charge in [-0.2, -0.15) is 0 Å². The first-order valence-corrected chi connectivity index (χ1v) is 5.12. The SMILES string of the molecule is CCNCC#Cc1ccc(OC)c(C)c1. The summed E-state index contributed by atoms with van der Waals surface area (Å²) in [5, 5.41) is 3.16. The topological polar surface area (TPSA) is 21.3 Å². The molecule has 0 fully saturated rings. The van der Waals surface area contributed by atoms with E-state index in [2.05, 4.69) is 24.1 Å².